The summed E-state index contributed by atoms with van der Waals surface area (Å²) >= 11 is 0. The van der Waals surface area contributed by atoms with Crippen LogP contribution in [0, 0.1) is 0 Å². The molecule has 4 aromatic carbocycles. The highest BCUT2D eigenvalue weighted by Crippen LogP contribution is 2.21. The molecule has 0 amide bonds. The number of nitrogens with two attached hydrogens (primary N) is 4. The van der Waals surface area contributed by atoms with Crippen LogP contribution in [0.15, 0.2) is 91.0 Å². The number of nitrogen functional groups attached to an aromatic ring is 4. The molecule has 280 valence electrons. The predicted octanol–water partition coefficient (Wildman–Crippen LogP) is 4.99. The van der Waals surface area contributed by atoms with E-state index in [0.717, 1.165) is 0 Å². The lowest BCUT2D eigenvalue weighted by Crippen LogP contribution is -2.19. The first-order chi connectivity index (χ1) is 25.1. The van der Waals surface area contributed by atoms with Gasteiger partial charge in [-0.1, -0.05) is 12.1 Å². The SMILES string of the molecule is Nc1cc(N)cc(C(=O)O)c1.Nc1cc(N)cc(C(=O)OCCOCCOC(=O)C=Cc2ccc(OC(=O)c3ccc(OCC(F)(F)F)cc3)cc2)c1. The molecule has 0 aliphatic carbocycles. The van der Waals surface area contributed by atoms with Crippen molar-refractivity contribution in [2.45, 2.75) is 6.18 Å². The Kier molecular flexibility index (Phi) is 15.0. The molecule has 0 aliphatic rings. The summed E-state index contributed by atoms with van der Waals surface area (Å²) in [5.74, 6) is -2.75. The molecule has 0 unspecified atom stereocenters. The quantitative estimate of drug-likeness (QED) is 0.0376. The molecule has 4 rings (SSSR count). The van der Waals surface area contributed by atoms with Gasteiger partial charge in [0.25, 0.3) is 0 Å². The Morgan fingerprint density at radius 1 is 0.623 bits per heavy atom. The fourth-order valence-corrected chi connectivity index (χ4v) is 4.05. The van der Waals surface area contributed by atoms with Crippen LogP contribution >= 0.6 is 0 Å². The zero-order valence-corrected chi connectivity index (χ0v) is 27.8. The first kappa shape index (κ1) is 40.7. The second-order valence-electron chi connectivity index (χ2n) is 10.7. The van der Waals surface area contributed by atoms with Gasteiger partial charge in [0, 0.05) is 28.8 Å². The third-order valence-corrected chi connectivity index (χ3v) is 6.37. The van der Waals surface area contributed by atoms with E-state index in [-0.39, 0.29) is 54.6 Å². The predicted molar refractivity (Wildman–Crippen MR) is 188 cm³/mol. The number of rotatable bonds is 14. The maximum atomic E-state index is 12.3. The fraction of sp³-hybridized carbons (Fsp3) is 0.167. The van der Waals surface area contributed by atoms with Gasteiger partial charge in [-0.3, -0.25) is 0 Å². The van der Waals surface area contributed by atoms with Crippen LogP contribution < -0.4 is 32.4 Å². The van der Waals surface area contributed by atoms with E-state index in [2.05, 4.69) is 4.74 Å². The van der Waals surface area contributed by atoms with E-state index in [1.165, 1.54) is 84.9 Å². The van der Waals surface area contributed by atoms with Crippen LogP contribution in [0.5, 0.6) is 11.5 Å². The van der Waals surface area contributed by atoms with E-state index in [0.29, 0.717) is 28.3 Å². The smallest absolute Gasteiger partial charge is 0.422 e. The van der Waals surface area contributed by atoms with E-state index in [1.54, 1.807) is 12.1 Å². The van der Waals surface area contributed by atoms with Crippen molar-refractivity contribution < 1.29 is 61.1 Å². The maximum Gasteiger partial charge on any atom is 0.422 e. The zero-order chi connectivity index (χ0) is 39.0. The average molecular weight is 741 g/mol. The minimum absolute atomic E-state index is 0.0146. The Balaban J connectivity index is 0.000000586. The molecule has 0 bridgehead atoms. The van der Waals surface area contributed by atoms with Crippen LogP contribution in [0.4, 0.5) is 35.9 Å². The van der Waals surface area contributed by atoms with Gasteiger partial charge in [-0.15, -0.1) is 0 Å². The highest BCUT2D eigenvalue weighted by atomic mass is 19.4. The van der Waals surface area contributed by atoms with Crippen LogP contribution in [0.3, 0.4) is 0 Å². The lowest BCUT2D eigenvalue weighted by atomic mass is 10.2. The Bertz CT molecular complexity index is 1860. The molecular weight excluding hydrogens is 705 g/mol. The standard InChI is InChI=1S/C29H27F3N2O8.C7H8N2O2/c30-29(31,32)18-41-24-8-4-20(5-9-24)28(37)42-25-6-1-19(2-7-25)3-10-26(35)39-13-11-38-12-14-40-27(36)21-15-22(33)17-23(34)16-21;8-5-1-4(7(10)11)2-6(9)3-5/h1-10,15-17H,11-14,18,33-34H2;1-3H,8-9H2,(H,10,11). The van der Waals surface area contributed by atoms with Gasteiger partial charge in [0.05, 0.1) is 29.9 Å². The summed E-state index contributed by atoms with van der Waals surface area (Å²) in [4.78, 5) is 46.5. The second kappa shape index (κ2) is 19.6. The van der Waals surface area contributed by atoms with Crippen molar-refractivity contribution in [2.24, 2.45) is 0 Å². The Hall–Kier alpha value is -6.75. The number of carbonyl (C=O) groups is 4. The highest BCUT2D eigenvalue weighted by Gasteiger charge is 2.28. The lowest BCUT2D eigenvalue weighted by Gasteiger charge is -2.09. The number of aromatic carboxylic acids is 1. The monoisotopic (exact) mass is 740 g/mol. The second-order valence-corrected chi connectivity index (χ2v) is 10.7. The molecule has 0 atom stereocenters. The number of benzene rings is 4. The average Bonchev–Trinajstić information content (AvgIpc) is 3.09. The Morgan fingerprint density at radius 3 is 1.66 bits per heavy atom. The van der Waals surface area contributed by atoms with Gasteiger partial charge in [0.1, 0.15) is 24.7 Å². The van der Waals surface area contributed by atoms with Crippen LogP contribution in [0.2, 0.25) is 0 Å². The molecule has 0 aliphatic heterocycles. The molecule has 0 spiro atoms. The normalized spacial score (nSPS) is 10.8. The number of carbonyl (C=O) groups excluding carboxylic acids is 3. The summed E-state index contributed by atoms with van der Waals surface area (Å²) in [7, 11) is 0. The molecule has 0 heterocycles. The topological polar surface area (TPSA) is 239 Å². The van der Waals surface area contributed by atoms with Crippen LogP contribution in [0.1, 0.15) is 36.6 Å². The summed E-state index contributed by atoms with van der Waals surface area (Å²) in [6.07, 6.45) is -1.76. The van der Waals surface area contributed by atoms with Crippen molar-refractivity contribution in [2.75, 3.05) is 56.0 Å². The van der Waals surface area contributed by atoms with Gasteiger partial charge in [0.15, 0.2) is 6.61 Å². The molecular formula is C36H35F3N4O10. The van der Waals surface area contributed by atoms with Crippen molar-refractivity contribution in [3.8, 4) is 11.5 Å². The molecule has 0 saturated carbocycles. The summed E-state index contributed by atoms with van der Waals surface area (Å²) in [5, 5.41) is 8.52. The van der Waals surface area contributed by atoms with Gasteiger partial charge >= 0.3 is 30.1 Å². The van der Waals surface area contributed by atoms with E-state index in [4.69, 9.17) is 47.0 Å². The maximum absolute atomic E-state index is 12.3. The van der Waals surface area contributed by atoms with Crippen molar-refractivity contribution in [3.63, 3.8) is 0 Å². The minimum atomic E-state index is -4.47. The summed E-state index contributed by atoms with van der Waals surface area (Å²) in [5.41, 5.74) is 24.5. The molecule has 14 nitrogen and oxygen atoms in total. The van der Waals surface area contributed by atoms with E-state index in [9.17, 15) is 32.3 Å². The first-order valence-electron chi connectivity index (χ1n) is 15.3. The molecule has 0 radical (unpaired) electrons. The number of ether oxygens (including phenoxy) is 5. The number of anilines is 4. The van der Waals surface area contributed by atoms with E-state index in [1.807, 2.05) is 0 Å². The Labute approximate surface area is 300 Å². The largest absolute Gasteiger partial charge is 0.484 e. The molecule has 9 N–H and O–H groups in total. The van der Waals surface area contributed by atoms with Gasteiger partial charge in [-0.25, -0.2) is 19.2 Å². The first-order valence-corrected chi connectivity index (χ1v) is 15.3. The van der Waals surface area contributed by atoms with Crippen molar-refractivity contribution in [1.29, 1.82) is 0 Å². The van der Waals surface area contributed by atoms with Crippen molar-refractivity contribution in [3.05, 3.63) is 113 Å². The number of hydrogen-bond donors (Lipinski definition) is 5. The van der Waals surface area contributed by atoms with Crippen LogP contribution in [-0.4, -0.2) is 68.2 Å². The number of alkyl halides is 3. The number of halogens is 3. The minimum Gasteiger partial charge on any atom is -0.484 e. The van der Waals surface area contributed by atoms with Crippen molar-refractivity contribution >= 4 is 52.7 Å². The molecule has 4 aromatic rings. The number of esters is 3. The van der Waals surface area contributed by atoms with Crippen molar-refractivity contribution in [1.82, 2.24) is 0 Å². The van der Waals surface area contributed by atoms with Gasteiger partial charge < -0.3 is 51.7 Å². The van der Waals surface area contributed by atoms with Crippen LogP contribution in [-0.2, 0) is 19.0 Å². The lowest BCUT2D eigenvalue weighted by molar-refractivity contribution is -0.153. The van der Waals surface area contributed by atoms with Crippen LogP contribution in [0.25, 0.3) is 6.08 Å². The van der Waals surface area contributed by atoms with E-state index < -0.39 is 36.7 Å². The Morgan fingerprint density at radius 2 is 1.13 bits per heavy atom. The summed E-state index contributed by atoms with van der Waals surface area (Å²) in [6.45, 7) is -1.29. The molecule has 53 heavy (non-hydrogen) atoms. The van der Waals surface area contributed by atoms with Gasteiger partial charge in [0.2, 0.25) is 0 Å². The summed E-state index contributed by atoms with van der Waals surface area (Å²) in [6, 6.07) is 19.9. The third kappa shape index (κ3) is 15.4. The fourth-order valence-electron chi connectivity index (χ4n) is 4.05. The third-order valence-electron chi connectivity index (χ3n) is 6.37. The highest BCUT2D eigenvalue weighted by molar-refractivity contribution is 5.92. The van der Waals surface area contributed by atoms with E-state index >= 15 is 0 Å². The number of carboxylic acid groups (broad SMARTS) is 1. The number of hydrogen-bond acceptors (Lipinski definition) is 13. The van der Waals surface area contributed by atoms with Gasteiger partial charge in [-0.2, -0.15) is 13.2 Å². The molecule has 17 heteroatoms. The number of carboxylic acids is 1. The zero-order valence-electron chi connectivity index (χ0n) is 27.8. The van der Waals surface area contributed by atoms with Gasteiger partial charge in [-0.05, 0) is 84.4 Å². The molecule has 0 aromatic heterocycles. The molecule has 0 saturated heterocycles. The summed E-state index contributed by atoms with van der Waals surface area (Å²) < 4.78 is 61.9. The molecule has 0 fully saturated rings.